The van der Waals surface area contributed by atoms with Crippen molar-refractivity contribution in [1.29, 1.82) is 0 Å². The molecule has 0 aliphatic rings. The molecule has 1 aromatic rings. The second kappa shape index (κ2) is 5.12. The Morgan fingerprint density at radius 1 is 1.54 bits per heavy atom. The third-order valence-electron chi connectivity index (χ3n) is 1.36. The van der Waals surface area contributed by atoms with E-state index in [1.54, 1.807) is 0 Å². The summed E-state index contributed by atoms with van der Waals surface area (Å²) < 4.78 is 4.84. The van der Waals surface area contributed by atoms with Crippen LogP contribution in [0.1, 0.15) is 0 Å². The fourth-order valence-corrected chi connectivity index (χ4v) is 1.03. The van der Waals surface area contributed by atoms with Gasteiger partial charge in [-0.05, 0) is 12.1 Å². The van der Waals surface area contributed by atoms with Crippen LogP contribution in [0.2, 0.25) is 0 Å². The molecule has 0 unspecified atom stereocenters. The standard InChI is InChI=1S/C7H7NO3S.Re/c1-11-5-2-3-6(8(9)10)7(12)4-5;/h2-4,12H,1H3;/p-1. The molecule has 1 radical (unpaired) electrons. The van der Waals surface area contributed by atoms with E-state index in [1.807, 2.05) is 0 Å². The third-order valence-corrected chi connectivity index (χ3v) is 1.69. The fourth-order valence-electron chi connectivity index (χ4n) is 0.772. The second-order valence-electron chi connectivity index (χ2n) is 2.09. The number of ether oxygens (including phenoxy) is 1. The Kier molecular flexibility index (Phi) is 4.85. The normalized spacial score (nSPS) is 8.69. The summed E-state index contributed by atoms with van der Waals surface area (Å²) in [6, 6.07) is 4.29. The summed E-state index contributed by atoms with van der Waals surface area (Å²) in [6.07, 6.45) is 0. The molecule has 0 heterocycles. The van der Waals surface area contributed by atoms with Gasteiger partial charge >= 0.3 is 0 Å². The number of methoxy groups -OCH3 is 1. The first-order chi connectivity index (χ1) is 5.65. The largest absolute Gasteiger partial charge is 0.773 e. The number of rotatable bonds is 2. The number of hydrogen-bond donors (Lipinski definition) is 0. The number of hydrogen-bond acceptors (Lipinski definition) is 4. The third kappa shape index (κ3) is 2.92. The van der Waals surface area contributed by atoms with Gasteiger partial charge in [-0.3, -0.25) is 10.1 Å². The van der Waals surface area contributed by atoms with Crippen molar-refractivity contribution in [2.24, 2.45) is 0 Å². The molecule has 0 fully saturated rings. The molecular weight excluding hydrogens is 364 g/mol. The molecule has 71 valence electrons. The van der Waals surface area contributed by atoms with Crippen LogP contribution in [0, 0.1) is 10.1 Å². The van der Waals surface area contributed by atoms with E-state index in [0.29, 0.717) is 5.75 Å². The summed E-state index contributed by atoms with van der Waals surface area (Å²) in [5.41, 5.74) is -0.0641. The average molecular weight is 370 g/mol. The molecule has 13 heavy (non-hydrogen) atoms. The smallest absolute Gasteiger partial charge is 0.250 e. The van der Waals surface area contributed by atoms with Crippen LogP contribution in [0.4, 0.5) is 5.69 Å². The number of benzene rings is 1. The minimum atomic E-state index is -0.512. The second-order valence-corrected chi connectivity index (χ2v) is 2.53. The molecule has 0 atom stereocenters. The Labute approximate surface area is 94.5 Å². The Balaban J connectivity index is 0.00000144. The van der Waals surface area contributed by atoms with Gasteiger partial charge < -0.3 is 17.4 Å². The first-order valence-electron chi connectivity index (χ1n) is 3.14. The van der Waals surface area contributed by atoms with Gasteiger partial charge in [0.2, 0.25) is 0 Å². The van der Waals surface area contributed by atoms with Crippen molar-refractivity contribution in [3.8, 4) is 5.75 Å². The molecule has 0 saturated heterocycles. The predicted octanol–water partition coefficient (Wildman–Crippen LogP) is 1.51. The summed E-state index contributed by atoms with van der Waals surface area (Å²) in [4.78, 5) is 10.0. The van der Waals surface area contributed by atoms with Crippen molar-refractivity contribution in [3.05, 3.63) is 28.3 Å². The Bertz CT molecular complexity index is 319. The monoisotopic (exact) mass is 371 g/mol. The summed E-state index contributed by atoms with van der Waals surface area (Å²) in [5, 5.41) is 10.3. The molecule has 0 aliphatic carbocycles. The SMILES string of the molecule is COc1ccc([N+](=O)[O-])c([S-])c1.[Re]. The van der Waals surface area contributed by atoms with Crippen LogP contribution < -0.4 is 4.74 Å². The zero-order valence-electron chi connectivity index (χ0n) is 6.69. The van der Waals surface area contributed by atoms with Crippen molar-refractivity contribution in [3.63, 3.8) is 0 Å². The minimum Gasteiger partial charge on any atom is -0.773 e. The summed E-state index contributed by atoms with van der Waals surface area (Å²) in [6.45, 7) is 0. The van der Waals surface area contributed by atoms with E-state index in [4.69, 9.17) is 17.4 Å². The van der Waals surface area contributed by atoms with Gasteiger partial charge in [-0.15, -0.1) is 0 Å². The van der Waals surface area contributed by atoms with Crippen molar-refractivity contribution in [2.45, 2.75) is 4.90 Å². The fraction of sp³-hybridized carbons (Fsp3) is 0.143. The van der Waals surface area contributed by atoms with E-state index in [1.165, 1.54) is 25.3 Å². The molecule has 1 aromatic carbocycles. The van der Waals surface area contributed by atoms with Crippen LogP contribution in [0.15, 0.2) is 23.1 Å². The molecule has 0 aliphatic heterocycles. The van der Waals surface area contributed by atoms with Gasteiger partial charge in [-0.2, -0.15) is 0 Å². The molecule has 0 aromatic heterocycles. The van der Waals surface area contributed by atoms with Gasteiger partial charge in [0, 0.05) is 26.5 Å². The van der Waals surface area contributed by atoms with Crippen molar-refractivity contribution < 1.29 is 30.1 Å². The molecule has 0 N–H and O–H groups in total. The quantitative estimate of drug-likeness (QED) is 0.450. The number of nitro benzene ring substituents is 1. The Hall–Kier alpha value is -0.698. The van der Waals surface area contributed by atoms with Crippen molar-refractivity contribution in [2.75, 3.05) is 7.11 Å². The van der Waals surface area contributed by atoms with Gasteiger partial charge in [0.05, 0.1) is 12.0 Å². The predicted molar refractivity (Wildman–Crippen MR) is 45.3 cm³/mol. The van der Waals surface area contributed by atoms with E-state index in [0.717, 1.165) is 0 Å². The van der Waals surface area contributed by atoms with Crippen LogP contribution >= 0.6 is 0 Å². The average Bonchev–Trinajstić information content (AvgIpc) is 2.03. The first kappa shape index (κ1) is 12.3. The maximum absolute atomic E-state index is 10.3. The molecule has 0 bridgehead atoms. The zero-order chi connectivity index (χ0) is 9.14. The maximum Gasteiger partial charge on any atom is 0.250 e. The van der Waals surface area contributed by atoms with Crippen LogP contribution in [0.25, 0.3) is 0 Å². The van der Waals surface area contributed by atoms with Crippen LogP contribution in [0.5, 0.6) is 5.75 Å². The molecular formula is C7H6NO3ReS-. The molecule has 4 nitrogen and oxygen atoms in total. The van der Waals surface area contributed by atoms with Crippen LogP contribution in [-0.4, -0.2) is 12.0 Å². The van der Waals surface area contributed by atoms with E-state index in [-0.39, 0.29) is 31.0 Å². The summed E-state index contributed by atoms with van der Waals surface area (Å²) >= 11 is 4.76. The van der Waals surface area contributed by atoms with Gasteiger partial charge in [0.25, 0.3) is 5.69 Å². The summed E-state index contributed by atoms with van der Waals surface area (Å²) in [5.74, 6) is 0.533. The maximum atomic E-state index is 10.3. The van der Waals surface area contributed by atoms with Crippen LogP contribution in [0.3, 0.4) is 0 Å². The van der Waals surface area contributed by atoms with Gasteiger partial charge in [-0.1, -0.05) is 4.90 Å². The Morgan fingerprint density at radius 2 is 2.15 bits per heavy atom. The summed E-state index contributed by atoms with van der Waals surface area (Å²) in [7, 11) is 1.48. The van der Waals surface area contributed by atoms with Crippen molar-refractivity contribution in [1.82, 2.24) is 0 Å². The Morgan fingerprint density at radius 3 is 2.54 bits per heavy atom. The topological polar surface area (TPSA) is 52.4 Å². The van der Waals surface area contributed by atoms with E-state index >= 15 is 0 Å². The zero-order valence-corrected chi connectivity index (χ0v) is 10.2. The van der Waals surface area contributed by atoms with Crippen LogP contribution in [-0.2, 0) is 33.1 Å². The number of nitro groups is 1. The number of nitrogens with zero attached hydrogens (tertiary/aromatic N) is 1. The van der Waals surface area contributed by atoms with Gasteiger partial charge in [-0.25, -0.2) is 0 Å². The molecule has 0 amide bonds. The van der Waals surface area contributed by atoms with E-state index in [2.05, 4.69) is 0 Å². The first-order valence-corrected chi connectivity index (χ1v) is 3.55. The minimum absolute atomic E-state index is 0. The van der Waals surface area contributed by atoms with E-state index in [9.17, 15) is 10.1 Å². The molecule has 6 heteroatoms. The molecule has 0 saturated carbocycles. The van der Waals surface area contributed by atoms with E-state index < -0.39 is 4.92 Å². The van der Waals surface area contributed by atoms with Gasteiger partial charge in [0.1, 0.15) is 5.75 Å². The van der Waals surface area contributed by atoms with Gasteiger partial charge in [0.15, 0.2) is 0 Å². The molecule has 0 spiro atoms. The van der Waals surface area contributed by atoms with Crippen molar-refractivity contribution >= 4 is 18.3 Å². The molecule has 1 rings (SSSR count).